The SMILES string of the molecule is CC(C)CC(CNC(=O)c1cccn2nc(C(=O)N3C[C@@H](C)O[C@@H](C)C3)cc12)c1ccc(C(F)(F)F)cc1. The summed E-state index contributed by atoms with van der Waals surface area (Å²) in [5.41, 5.74) is 1.13. The van der Waals surface area contributed by atoms with Crippen molar-refractivity contribution in [1.29, 1.82) is 0 Å². The molecule has 1 aliphatic heterocycles. The minimum atomic E-state index is -4.40. The summed E-state index contributed by atoms with van der Waals surface area (Å²) in [4.78, 5) is 28.1. The molecule has 0 aliphatic carbocycles. The molecule has 0 spiro atoms. The molecule has 3 aromatic rings. The maximum absolute atomic E-state index is 13.2. The molecule has 0 saturated carbocycles. The molecule has 1 saturated heterocycles. The van der Waals surface area contributed by atoms with Gasteiger partial charge in [-0.25, -0.2) is 4.52 Å². The van der Waals surface area contributed by atoms with Gasteiger partial charge in [-0.1, -0.05) is 26.0 Å². The van der Waals surface area contributed by atoms with E-state index in [0.29, 0.717) is 30.6 Å². The fourth-order valence-corrected chi connectivity index (χ4v) is 4.98. The van der Waals surface area contributed by atoms with Crippen LogP contribution in [0.4, 0.5) is 13.2 Å². The molecule has 2 amide bonds. The Labute approximate surface area is 220 Å². The van der Waals surface area contributed by atoms with Crippen molar-refractivity contribution in [3.8, 4) is 0 Å². The van der Waals surface area contributed by atoms with E-state index in [1.165, 1.54) is 16.6 Å². The van der Waals surface area contributed by atoms with Gasteiger partial charge < -0.3 is 15.0 Å². The summed E-state index contributed by atoms with van der Waals surface area (Å²) in [6.07, 6.45) is -2.19. The van der Waals surface area contributed by atoms with Crippen LogP contribution in [-0.2, 0) is 10.9 Å². The van der Waals surface area contributed by atoms with Crippen molar-refractivity contribution in [3.63, 3.8) is 0 Å². The summed E-state index contributed by atoms with van der Waals surface area (Å²) in [6.45, 7) is 9.07. The molecule has 1 N–H and O–H groups in total. The summed E-state index contributed by atoms with van der Waals surface area (Å²) in [5.74, 6) is -0.449. The van der Waals surface area contributed by atoms with Gasteiger partial charge in [0.2, 0.25) is 0 Å². The van der Waals surface area contributed by atoms with Crippen LogP contribution in [0, 0.1) is 5.92 Å². The smallest absolute Gasteiger partial charge is 0.372 e. The van der Waals surface area contributed by atoms with Crippen molar-refractivity contribution in [2.45, 2.75) is 58.4 Å². The number of benzene rings is 1. The van der Waals surface area contributed by atoms with Crippen molar-refractivity contribution in [1.82, 2.24) is 19.8 Å². The summed E-state index contributed by atoms with van der Waals surface area (Å²) in [7, 11) is 0. The maximum Gasteiger partial charge on any atom is 0.416 e. The number of rotatable bonds is 7. The van der Waals surface area contributed by atoms with Crippen molar-refractivity contribution in [2.24, 2.45) is 5.92 Å². The molecule has 10 heteroatoms. The summed E-state index contributed by atoms with van der Waals surface area (Å²) >= 11 is 0. The molecule has 2 aromatic heterocycles. The number of fused-ring (bicyclic) bond motifs is 1. The zero-order valence-electron chi connectivity index (χ0n) is 22.0. The second-order valence-corrected chi connectivity index (χ2v) is 10.4. The van der Waals surface area contributed by atoms with Crippen LogP contribution < -0.4 is 5.32 Å². The molecule has 1 unspecified atom stereocenters. The van der Waals surface area contributed by atoms with Crippen LogP contribution in [0.2, 0.25) is 0 Å². The predicted molar refractivity (Wildman–Crippen MR) is 137 cm³/mol. The molecule has 0 radical (unpaired) electrons. The van der Waals surface area contributed by atoms with Crippen LogP contribution in [0.5, 0.6) is 0 Å². The molecule has 38 heavy (non-hydrogen) atoms. The first kappa shape index (κ1) is 27.6. The Kier molecular flexibility index (Phi) is 8.10. The number of alkyl halides is 3. The standard InChI is InChI=1S/C28H33F3N4O3/c1-17(2)12-21(20-7-9-22(10-8-20)28(29,30)31)14-32-26(36)23-6-5-11-35-25(23)13-24(33-35)27(37)34-15-18(3)38-19(4)16-34/h5-11,13,17-19,21H,12,14-16H2,1-4H3,(H,32,36)/t18-,19+,21?. The van der Waals surface area contributed by atoms with E-state index >= 15 is 0 Å². The molecule has 1 aromatic carbocycles. The Morgan fingerprint density at radius 1 is 1.11 bits per heavy atom. The van der Waals surface area contributed by atoms with Gasteiger partial charge >= 0.3 is 6.18 Å². The lowest BCUT2D eigenvalue weighted by Gasteiger charge is -2.34. The Bertz CT molecular complexity index is 1280. The molecule has 7 nitrogen and oxygen atoms in total. The average Bonchev–Trinajstić information content (AvgIpc) is 3.29. The lowest BCUT2D eigenvalue weighted by Crippen LogP contribution is -2.48. The van der Waals surface area contributed by atoms with E-state index in [9.17, 15) is 22.8 Å². The quantitative estimate of drug-likeness (QED) is 0.458. The summed E-state index contributed by atoms with van der Waals surface area (Å²) in [5, 5.41) is 7.34. The Morgan fingerprint density at radius 2 is 1.76 bits per heavy atom. The molecule has 1 fully saturated rings. The number of nitrogens with zero attached hydrogens (tertiary/aromatic N) is 3. The van der Waals surface area contributed by atoms with Crippen LogP contribution in [-0.4, -0.2) is 58.2 Å². The number of ether oxygens (including phenoxy) is 1. The van der Waals surface area contributed by atoms with Gasteiger partial charge in [-0.15, -0.1) is 0 Å². The fourth-order valence-electron chi connectivity index (χ4n) is 4.98. The highest BCUT2D eigenvalue weighted by atomic mass is 19.4. The highest BCUT2D eigenvalue weighted by Crippen LogP contribution is 2.31. The molecular formula is C28H33F3N4O3. The van der Waals surface area contributed by atoms with E-state index in [4.69, 9.17) is 4.74 Å². The molecule has 3 heterocycles. The van der Waals surface area contributed by atoms with E-state index in [0.717, 1.165) is 17.7 Å². The monoisotopic (exact) mass is 530 g/mol. The number of pyridine rings is 1. The van der Waals surface area contributed by atoms with Gasteiger partial charge in [-0.05, 0) is 62.1 Å². The number of hydrogen-bond donors (Lipinski definition) is 1. The number of hydrogen-bond acceptors (Lipinski definition) is 4. The number of carbonyl (C=O) groups is 2. The van der Waals surface area contributed by atoms with Crippen LogP contribution in [0.15, 0.2) is 48.7 Å². The van der Waals surface area contributed by atoms with Crippen LogP contribution in [0.1, 0.15) is 72.0 Å². The molecule has 1 aliphatic rings. The highest BCUT2D eigenvalue weighted by molar-refractivity contribution is 6.02. The first-order valence-corrected chi connectivity index (χ1v) is 12.8. The van der Waals surface area contributed by atoms with Crippen LogP contribution in [0.25, 0.3) is 5.52 Å². The van der Waals surface area contributed by atoms with Gasteiger partial charge in [-0.3, -0.25) is 9.59 Å². The van der Waals surface area contributed by atoms with Crippen LogP contribution in [0.3, 0.4) is 0 Å². The van der Waals surface area contributed by atoms with E-state index < -0.39 is 11.7 Å². The van der Waals surface area contributed by atoms with Gasteiger partial charge in [0.05, 0.1) is 28.9 Å². The average molecular weight is 531 g/mol. The largest absolute Gasteiger partial charge is 0.416 e. The zero-order valence-corrected chi connectivity index (χ0v) is 22.0. The highest BCUT2D eigenvalue weighted by Gasteiger charge is 2.31. The van der Waals surface area contributed by atoms with Crippen molar-refractivity contribution < 1.29 is 27.5 Å². The predicted octanol–water partition coefficient (Wildman–Crippen LogP) is 5.16. The minimum Gasteiger partial charge on any atom is -0.372 e. The van der Waals surface area contributed by atoms with Crippen LogP contribution >= 0.6 is 0 Å². The lowest BCUT2D eigenvalue weighted by atomic mass is 9.89. The first-order chi connectivity index (χ1) is 17.9. The van der Waals surface area contributed by atoms with Gasteiger partial charge in [0.1, 0.15) is 0 Å². The summed E-state index contributed by atoms with van der Waals surface area (Å²) < 4.78 is 46.2. The van der Waals surface area contributed by atoms with E-state index in [2.05, 4.69) is 10.4 Å². The van der Waals surface area contributed by atoms with E-state index in [1.54, 1.807) is 29.3 Å². The second-order valence-electron chi connectivity index (χ2n) is 10.4. The van der Waals surface area contributed by atoms with E-state index in [1.807, 2.05) is 27.7 Å². The Morgan fingerprint density at radius 3 is 2.37 bits per heavy atom. The van der Waals surface area contributed by atoms with Gasteiger partial charge in [0.15, 0.2) is 5.69 Å². The third kappa shape index (κ3) is 6.35. The molecule has 4 rings (SSSR count). The molecular weight excluding hydrogens is 497 g/mol. The number of halogens is 3. The normalized spacial score (nSPS) is 19.1. The van der Waals surface area contributed by atoms with Crippen molar-refractivity contribution in [2.75, 3.05) is 19.6 Å². The zero-order chi connectivity index (χ0) is 27.6. The number of amides is 2. The maximum atomic E-state index is 13.2. The van der Waals surface area contributed by atoms with E-state index in [-0.39, 0.29) is 48.1 Å². The topological polar surface area (TPSA) is 75.9 Å². The number of carbonyl (C=O) groups excluding carboxylic acids is 2. The number of nitrogens with one attached hydrogen (secondary N) is 1. The number of morpholine rings is 1. The lowest BCUT2D eigenvalue weighted by molar-refractivity contribution is -0.137. The van der Waals surface area contributed by atoms with Crippen molar-refractivity contribution in [3.05, 3.63) is 71.0 Å². The third-order valence-electron chi connectivity index (χ3n) is 6.65. The third-order valence-corrected chi connectivity index (χ3v) is 6.65. The Hall–Kier alpha value is -3.40. The Balaban J connectivity index is 1.51. The number of aromatic nitrogens is 2. The van der Waals surface area contributed by atoms with Crippen molar-refractivity contribution >= 4 is 17.3 Å². The van der Waals surface area contributed by atoms with Gasteiger partial charge in [-0.2, -0.15) is 18.3 Å². The molecule has 0 bridgehead atoms. The first-order valence-electron chi connectivity index (χ1n) is 12.8. The molecule has 3 atom stereocenters. The second kappa shape index (κ2) is 11.1. The van der Waals surface area contributed by atoms with Gasteiger partial charge in [0.25, 0.3) is 11.8 Å². The minimum absolute atomic E-state index is 0.0791. The molecule has 204 valence electrons. The fraction of sp³-hybridized carbons (Fsp3) is 0.464. The van der Waals surface area contributed by atoms with Gasteiger partial charge in [0, 0.05) is 31.7 Å². The summed E-state index contributed by atoms with van der Waals surface area (Å²) in [6, 6.07) is 10.1.